The van der Waals surface area contributed by atoms with Crippen molar-refractivity contribution in [2.75, 3.05) is 12.3 Å². The van der Waals surface area contributed by atoms with E-state index in [1.807, 2.05) is 68.6 Å². The zero-order valence-corrected chi connectivity index (χ0v) is 19.9. The van der Waals surface area contributed by atoms with Crippen LogP contribution in [0, 0.1) is 0 Å². The third-order valence-electron chi connectivity index (χ3n) is 4.00. The molecule has 0 atom stereocenters. The number of carbonyl (C=O) groups excluding carboxylic acids is 2. The van der Waals surface area contributed by atoms with Crippen molar-refractivity contribution in [2.24, 2.45) is 0 Å². The van der Waals surface area contributed by atoms with Gasteiger partial charge >= 0.3 is 0 Å². The minimum Gasteiger partial charge on any atom is -0.484 e. The van der Waals surface area contributed by atoms with Crippen molar-refractivity contribution in [3.8, 4) is 5.75 Å². The van der Waals surface area contributed by atoms with Crippen molar-refractivity contribution in [3.05, 3.63) is 58.6 Å². The predicted octanol–water partition coefficient (Wildman–Crippen LogP) is 3.75. The Labute approximate surface area is 195 Å². The second kappa shape index (κ2) is 11.1. The lowest BCUT2D eigenvalue weighted by Crippen LogP contribution is -2.47. The van der Waals surface area contributed by atoms with Gasteiger partial charge in [-0.25, -0.2) is 0 Å². The molecule has 0 saturated heterocycles. The molecule has 0 unspecified atom stereocenters. The van der Waals surface area contributed by atoms with Gasteiger partial charge in [0, 0.05) is 10.4 Å². The van der Waals surface area contributed by atoms with E-state index in [1.165, 1.54) is 4.90 Å². The van der Waals surface area contributed by atoms with E-state index in [4.69, 9.17) is 9.15 Å². The first kappa shape index (κ1) is 23.8. The topological polar surface area (TPSA) is 97.6 Å². The Balaban J connectivity index is 1.54. The van der Waals surface area contributed by atoms with Crippen molar-refractivity contribution in [1.29, 1.82) is 0 Å². The highest BCUT2D eigenvalue weighted by molar-refractivity contribution is 7.99. The maximum absolute atomic E-state index is 12.9. The van der Waals surface area contributed by atoms with Crippen molar-refractivity contribution < 1.29 is 18.7 Å². The fraction of sp³-hybridized carbons (Fsp3) is 0.364. The summed E-state index contributed by atoms with van der Waals surface area (Å²) in [4.78, 5) is 27.8. The zero-order chi connectivity index (χ0) is 23.0. The highest BCUT2D eigenvalue weighted by Gasteiger charge is 2.22. The Hall–Kier alpha value is -2.85. The largest absolute Gasteiger partial charge is 0.484 e. The smallest absolute Gasteiger partial charge is 0.277 e. The Morgan fingerprint density at radius 3 is 2.62 bits per heavy atom. The van der Waals surface area contributed by atoms with Gasteiger partial charge in [-0.05, 0) is 44.4 Å². The molecule has 1 N–H and O–H groups in total. The van der Waals surface area contributed by atoms with E-state index in [0.29, 0.717) is 18.2 Å². The summed E-state index contributed by atoms with van der Waals surface area (Å²) in [5.41, 5.74) is -0.370. The van der Waals surface area contributed by atoms with Gasteiger partial charge in [0.2, 0.25) is 11.8 Å². The number of rotatable bonds is 10. The lowest BCUT2D eigenvalue weighted by Gasteiger charge is -2.25. The minimum atomic E-state index is -0.370. The van der Waals surface area contributed by atoms with Gasteiger partial charge in [-0.2, -0.15) is 0 Å². The maximum Gasteiger partial charge on any atom is 0.277 e. The number of nitrogens with zero attached hydrogens (tertiary/aromatic N) is 3. The standard InChI is InChI=1S/C22H26N4O4S2/c1-22(2,3)23-18(27)13-26(12-17-10-7-11-31-17)20(28)15-32-21-25-24-19(30-21)14-29-16-8-5-4-6-9-16/h4-11H,12-15H2,1-3H3,(H,23,27). The summed E-state index contributed by atoms with van der Waals surface area (Å²) in [6.45, 7) is 6.20. The molecule has 0 aliphatic rings. The molecule has 0 aliphatic carbocycles. The van der Waals surface area contributed by atoms with Crippen LogP contribution in [0.1, 0.15) is 31.5 Å². The molecule has 0 spiro atoms. The molecule has 2 heterocycles. The van der Waals surface area contributed by atoms with E-state index in [-0.39, 0.29) is 41.5 Å². The molecule has 1 aromatic carbocycles. The lowest BCUT2D eigenvalue weighted by atomic mass is 10.1. The van der Waals surface area contributed by atoms with E-state index in [1.54, 1.807) is 11.3 Å². The first-order valence-electron chi connectivity index (χ1n) is 10.0. The van der Waals surface area contributed by atoms with Crippen LogP contribution in [0.2, 0.25) is 0 Å². The summed E-state index contributed by atoms with van der Waals surface area (Å²) in [5.74, 6) is 0.713. The molecule has 2 aromatic heterocycles. The predicted molar refractivity (Wildman–Crippen MR) is 123 cm³/mol. The molecular formula is C22H26N4O4S2. The second-order valence-electron chi connectivity index (χ2n) is 7.98. The number of benzene rings is 1. The third-order valence-corrected chi connectivity index (χ3v) is 5.67. The van der Waals surface area contributed by atoms with Gasteiger partial charge in [-0.3, -0.25) is 9.59 Å². The first-order chi connectivity index (χ1) is 15.3. The van der Waals surface area contributed by atoms with E-state index in [2.05, 4.69) is 15.5 Å². The van der Waals surface area contributed by atoms with Gasteiger partial charge in [0.05, 0.1) is 18.8 Å². The number of thioether (sulfide) groups is 1. The van der Waals surface area contributed by atoms with Crippen LogP contribution in [0.5, 0.6) is 5.75 Å². The minimum absolute atomic E-state index is 0.0193. The van der Waals surface area contributed by atoms with Gasteiger partial charge in [0.25, 0.3) is 11.1 Å². The molecule has 0 radical (unpaired) electrons. The van der Waals surface area contributed by atoms with Crippen LogP contribution >= 0.6 is 23.1 Å². The molecule has 0 bridgehead atoms. The Kier molecular flexibility index (Phi) is 8.29. The summed E-state index contributed by atoms with van der Waals surface area (Å²) in [6.07, 6.45) is 0. The molecule has 3 rings (SSSR count). The lowest BCUT2D eigenvalue weighted by molar-refractivity contribution is -0.135. The molecule has 8 nitrogen and oxygen atoms in total. The number of ether oxygens (including phenoxy) is 1. The number of aromatic nitrogens is 2. The molecule has 2 amide bonds. The highest BCUT2D eigenvalue weighted by Crippen LogP contribution is 2.19. The summed E-state index contributed by atoms with van der Waals surface area (Å²) in [6, 6.07) is 13.2. The van der Waals surface area contributed by atoms with Gasteiger partial charge in [0.15, 0.2) is 6.61 Å². The number of hydrogen-bond donors (Lipinski definition) is 1. The normalized spacial score (nSPS) is 11.2. The van der Waals surface area contributed by atoms with Crippen LogP contribution < -0.4 is 10.1 Å². The molecule has 170 valence electrons. The quantitative estimate of drug-likeness (QED) is 0.447. The molecular weight excluding hydrogens is 448 g/mol. The molecule has 0 aliphatic heterocycles. The molecule has 3 aromatic rings. The average molecular weight is 475 g/mol. The number of amides is 2. The summed E-state index contributed by atoms with van der Waals surface area (Å²) < 4.78 is 11.1. The molecule has 32 heavy (non-hydrogen) atoms. The fourth-order valence-corrected chi connectivity index (χ4v) is 4.09. The summed E-state index contributed by atoms with van der Waals surface area (Å²) >= 11 is 2.68. The molecule has 0 saturated carbocycles. The van der Waals surface area contributed by atoms with E-state index in [9.17, 15) is 9.59 Å². The molecule has 10 heteroatoms. The van der Waals surface area contributed by atoms with Gasteiger partial charge < -0.3 is 19.4 Å². The van der Waals surface area contributed by atoms with E-state index in [0.717, 1.165) is 16.6 Å². The van der Waals surface area contributed by atoms with Crippen LogP contribution in [0.25, 0.3) is 0 Å². The van der Waals surface area contributed by atoms with Crippen LogP contribution in [-0.2, 0) is 22.7 Å². The monoisotopic (exact) mass is 474 g/mol. The van der Waals surface area contributed by atoms with E-state index < -0.39 is 0 Å². The third kappa shape index (κ3) is 8.01. The van der Waals surface area contributed by atoms with Crippen LogP contribution in [0.4, 0.5) is 0 Å². The molecule has 0 fully saturated rings. The summed E-state index contributed by atoms with van der Waals surface area (Å²) in [7, 11) is 0. The fourth-order valence-electron chi connectivity index (χ4n) is 2.69. The number of nitrogens with one attached hydrogen (secondary N) is 1. The van der Waals surface area contributed by atoms with Crippen molar-refractivity contribution in [3.63, 3.8) is 0 Å². The van der Waals surface area contributed by atoms with Gasteiger partial charge in [-0.1, -0.05) is 36.0 Å². The number of thiophene rings is 1. The number of carbonyl (C=O) groups is 2. The van der Waals surface area contributed by atoms with Crippen molar-refractivity contribution >= 4 is 34.9 Å². The first-order valence-corrected chi connectivity index (χ1v) is 11.9. The maximum atomic E-state index is 12.9. The summed E-state index contributed by atoms with van der Waals surface area (Å²) in [5, 5.41) is 13.0. The van der Waals surface area contributed by atoms with Crippen LogP contribution in [-0.4, -0.2) is 44.7 Å². The zero-order valence-electron chi connectivity index (χ0n) is 18.2. The number of para-hydroxylation sites is 1. The Bertz CT molecular complexity index is 1000. The number of hydrogen-bond acceptors (Lipinski definition) is 8. The van der Waals surface area contributed by atoms with Crippen LogP contribution in [0.15, 0.2) is 57.5 Å². The van der Waals surface area contributed by atoms with Crippen molar-refractivity contribution in [2.45, 2.75) is 44.7 Å². The van der Waals surface area contributed by atoms with E-state index >= 15 is 0 Å². The Morgan fingerprint density at radius 1 is 1.16 bits per heavy atom. The van der Waals surface area contributed by atoms with Gasteiger partial charge in [-0.15, -0.1) is 21.5 Å². The second-order valence-corrected chi connectivity index (χ2v) is 9.94. The SMILES string of the molecule is CC(C)(C)NC(=O)CN(Cc1cccs1)C(=O)CSc1nnc(COc2ccccc2)o1. The van der Waals surface area contributed by atoms with Crippen LogP contribution in [0.3, 0.4) is 0 Å². The van der Waals surface area contributed by atoms with Gasteiger partial charge in [0.1, 0.15) is 5.75 Å². The Morgan fingerprint density at radius 2 is 1.94 bits per heavy atom. The average Bonchev–Trinajstić information content (AvgIpc) is 3.41. The van der Waals surface area contributed by atoms with Crippen molar-refractivity contribution in [1.82, 2.24) is 20.4 Å². The highest BCUT2D eigenvalue weighted by atomic mass is 32.2.